The third-order valence-corrected chi connectivity index (χ3v) is 3.50. The maximum atomic E-state index is 6.21. The smallest absolute Gasteiger partial charge is 0.0832 e. The SMILES string of the molecule is CCOC1(C(N)CC)CCCCCC1. The minimum absolute atomic E-state index is 0. The Hall–Kier alpha value is -0.0800. The molecule has 0 heterocycles. The Morgan fingerprint density at radius 3 is 2.14 bits per heavy atom. The summed E-state index contributed by atoms with van der Waals surface area (Å²) in [5.41, 5.74) is 6.21. The van der Waals surface area contributed by atoms with Crippen molar-refractivity contribution in [2.45, 2.75) is 70.4 Å². The Kier molecular flexibility index (Phi) is 4.90. The molecule has 2 nitrogen and oxygen atoms in total. The summed E-state index contributed by atoms with van der Waals surface area (Å²) in [6.45, 7) is 5.04. The van der Waals surface area contributed by atoms with Crippen LogP contribution in [0.5, 0.6) is 0 Å². The molecule has 0 aromatic carbocycles. The lowest BCUT2D eigenvalue weighted by Crippen LogP contribution is -2.49. The van der Waals surface area contributed by atoms with Crippen molar-refractivity contribution in [1.29, 1.82) is 0 Å². The number of hydrogen-bond acceptors (Lipinski definition) is 2. The predicted octanol–water partition coefficient (Wildman–Crippen LogP) is 2.85. The topological polar surface area (TPSA) is 35.2 Å². The van der Waals surface area contributed by atoms with Crippen molar-refractivity contribution in [2.24, 2.45) is 5.73 Å². The second-order valence-electron chi connectivity index (χ2n) is 4.43. The highest BCUT2D eigenvalue weighted by Crippen LogP contribution is 2.33. The fourth-order valence-electron chi connectivity index (χ4n) is 2.61. The maximum Gasteiger partial charge on any atom is 0.0832 e. The van der Waals surface area contributed by atoms with Crippen LogP contribution in [0.15, 0.2) is 0 Å². The Labute approximate surface area is 88.2 Å². The van der Waals surface area contributed by atoms with E-state index in [2.05, 4.69) is 13.8 Å². The van der Waals surface area contributed by atoms with Gasteiger partial charge >= 0.3 is 0 Å². The number of ether oxygens (including phenoxy) is 1. The van der Waals surface area contributed by atoms with E-state index in [1.54, 1.807) is 0 Å². The van der Waals surface area contributed by atoms with Crippen LogP contribution in [0.25, 0.3) is 0 Å². The lowest BCUT2D eigenvalue weighted by molar-refractivity contribution is -0.0691. The quantitative estimate of drug-likeness (QED) is 0.707. The first-order valence-electron chi connectivity index (χ1n) is 6.14. The second kappa shape index (κ2) is 5.72. The van der Waals surface area contributed by atoms with Crippen LogP contribution in [0.4, 0.5) is 0 Å². The summed E-state index contributed by atoms with van der Waals surface area (Å²) in [5, 5.41) is 0. The van der Waals surface area contributed by atoms with Gasteiger partial charge in [0, 0.05) is 12.6 Å². The highest BCUT2D eigenvalue weighted by atomic mass is 16.5. The molecule has 2 heteroatoms. The first kappa shape index (κ1) is 12.0. The normalized spacial score (nSPS) is 24.2. The van der Waals surface area contributed by atoms with E-state index in [4.69, 9.17) is 10.5 Å². The zero-order chi connectivity index (χ0) is 10.4. The summed E-state index contributed by atoms with van der Waals surface area (Å²) >= 11 is 0. The van der Waals surface area contributed by atoms with Gasteiger partial charge in [0.05, 0.1) is 5.60 Å². The number of hydrogen-bond donors (Lipinski definition) is 1. The van der Waals surface area contributed by atoms with Crippen LogP contribution in [0.1, 0.15) is 58.8 Å². The van der Waals surface area contributed by atoms with Gasteiger partial charge in [-0.2, -0.15) is 0 Å². The Balaban J connectivity index is 2.66. The zero-order valence-corrected chi connectivity index (χ0v) is 9.72. The molecule has 14 heavy (non-hydrogen) atoms. The molecule has 0 radical (unpaired) electrons. The maximum absolute atomic E-state index is 6.21. The van der Waals surface area contributed by atoms with Gasteiger partial charge < -0.3 is 10.5 Å². The molecule has 84 valence electrons. The molecule has 0 aromatic rings. The monoisotopic (exact) mass is 199 g/mol. The van der Waals surface area contributed by atoms with Gasteiger partial charge in [0.25, 0.3) is 0 Å². The van der Waals surface area contributed by atoms with E-state index in [-0.39, 0.29) is 11.6 Å². The van der Waals surface area contributed by atoms with Gasteiger partial charge in [-0.25, -0.2) is 0 Å². The van der Waals surface area contributed by atoms with Crippen LogP contribution >= 0.6 is 0 Å². The van der Waals surface area contributed by atoms with Gasteiger partial charge in [-0.1, -0.05) is 32.6 Å². The third-order valence-electron chi connectivity index (χ3n) is 3.50. The lowest BCUT2D eigenvalue weighted by Gasteiger charge is -2.37. The van der Waals surface area contributed by atoms with Crippen molar-refractivity contribution in [3.63, 3.8) is 0 Å². The molecule has 0 saturated heterocycles. The van der Waals surface area contributed by atoms with Gasteiger partial charge in [-0.05, 0) is 26.2 Å². The highest BCUT2D eigenvalue weighted by Gasteiger charge is 2.36. The van der Waals surface area contributed by atoms with Crippen molar-refractivity contribution in [2.75, 3.05) is 6.61 Å². The largest absolute Gasteiger partial charge is 0.374 e. The van der Waals surface area contributed by atoms with Gasteiger partial charge in [-0.3, -0.25) is 0 Å². The van der Waals surface area contributed by atoms with Crippen LogP contribution in [0.2, 0.25) is 0 Å². The molecular formula is C12H25NO. The summed E-state index contributed by atoms with van der Waals surface area (Å²) in [7, 11) is 0. The average Bonchev–Trinajstić information content (AvgIpc) is 2.44. The van der Waals surface area contributed by atoms with Crippen molar-refractivity contribution in [3.05, 3.63) is 0 Å². The molecule has 1 aliphatic carbocycles. The summed E-state index contributed by atoms with van der Waals surface area (Å²) in [6, 6.07) is 0.223. The molecule has 2 N–H and O–H groups in total. The zero-order valence-electron chi connectivity index (χ0n) is 9.72. The summed E-state index contributed by atoms with van der Waals surface area (Å²) in [6.07, 6.45) is 8.63. The Morgan fingerprint density at radius 1 is 1.14 bits per heavy atom. The third kappa shape index (κ3) is 2.71. The van der Waals surface area contributed by atoms with Crippen LogP contribution in [-0.4, -0.2) is 18.2 Å². The molecule has 1 aliphatic rings. The van der Waals surface area contributed by atoms with E-state index in [0.717, 1.165) is 25.9 Å². The van der Waals surface area contributed by atoms with Crippen molar-refractivity contribution >= 4 is 0 Å². The molecule has 1 saturated carbocycles. The predicted molar refractivity (Wildman–Crippen MR) is 60.3 cm³/mol. The van der Waals surface area contributed by atoms with Crippen molar-refractivity contribution in [1.82, 2.24) is 0 Å². The fourth-order valence-corrected chi connectivity index (χ4v) is 2.61. The standard InChI is InChI=1S/C12H25NO/c1-3-11(13)12(14-4-2)9-7-5-6-8-10-12/h11H,3-10,13H2,1-2H3. The second-order valence-corrected chi connectivity index (χ2v) is 4.43. The molecule has 1 fully saturated rings. The fraction of sp³-hybridized carbons (Fsp3) is 1.00. The minimum Gasteiger partial charge on any atom is -0.374 e. The molecule has 0 spiro atoms. The Bertz CT molecular complexity index is 150. The van der Waals surface area contributed by atoms with Crippen molar-refractivity contribution < 1.29 is 4.74 Å². The van der Waals surface area contributed by atoms with Crippen LogP contribution in [0.3, 0.4) is 0 Å². The lowest BCUT2D eigenvalue weighted by atomic mass is 9.85. The molecule has 0 aliphatic heterocycles. The van der Waals surface area contributed by atoms with Crippen molar-refractivity contribution in [3.8, 4) is 0 Å². The Morgan fingerprint density at radius 2 is 1.71 bits per heavy atom. The van der Waals surface area contributed by atoms with E-state index >= 15 is 0 Å². The number of nitrogens with two attached hydrogens (primary N) is 1. The van der Waals surface area contributed by atoms with E-state index < -0.39 is 0 Å². The molecule has 0 amide bonds. The van der Waals surface area contributed by atoms with Crippen LogP contribution in [-0.2, 0) is 4.74 Å². The van der Waals surface area contributed by atoms with E-state index in [1.807, 2.05) is 0 Å². The van der Waals surface area contributed by atoms with E-state index in [0.29, 0.717) is 0 Å². The van der Waals surface area contributed by atoms with E-state index in [1.165, 1.54) is 25.7 Å². The van der Waals surface area contributed by atoms with Gasteiger partial charge in [0.1, 0.15) is 0 Å². The molecule has 1 atom stereocenters. The molecule has 1 unspecified atom stereocenters. The molecule has 1 rings (SSSR count). The van der Waals surface area contributed by atoms with Gasteiger partial charge in [-0.15, -0.1) is 0 Å². The number of rotatable bonds is 4. The molecular weight excluding hydrogens is 174 g/mol. The first-order valence-corrected chi connectivity index (χ1v) is 6.14. The molecule has 0 bridgehead atoms. The highest BCUT2D eigenvalue weighted by molar-refractivity contribution is 4.92. The summed E-state index contributed by atoms with van der Waals surface area (Å²) < 4.78 is 5.98. The average molecular weight is 199 g/mol. The summed E-state index contributed by atoms with van der Waals surface area (Å²) in [4.78, 5) is 0. The summed E-state index contributed by atoms with van der Waals surface area (Å²) in [5.74, 6) is 0. The van der Waals surface area contributed by atoms with Gasteiger partial charge in [0.2, 0.25) is 0 Å². The van der Waals surface area contributed by atoms with E-state index in [9.17, 15) is 0 Å². The molecule has 0 aromatic heterocycles. The van der Waals surface area contributed by atoms with Crippen LogP contribution in [0, 0.1) is 0 Å². The van der Waals surface area contributed by atoms with Crippen LogP contribution < -0.4 is 5.73 Å². The minimum atomic E-state index is 0. The first-order chi connectivity index (χ1) is 6.75. The van der Waals surface area contributed by atoms with Gasteiger partial charge in [0.15, 0.2) is 0 Å².